The number of terminal acetylenes is 1. The molecular weight excluding hydrogens is 138 g/mol. The summed E-state index contributed by atoms with van der Waals surface area (Å²) in [5.74, 6) is 2.55. The molecule has 2 heteroatoms. The molecule has 0 rings (SSSR count). The minimum absolute atomic E-state index is 0.698. The predicted molar refractivity (Wildman–Crippen MR) is 49.6 cm³/mol. The first-order chi connectivity index (χ1) is 5.31. The molecule has 66 valence electrons. The third kappa shape index (κ3) is 12.6. The van der Waals surface area contributed by atoms with Crippen LogP contribution < -0.4 is 0 Å². The molecule has 0 N–H and O–H groups in total. The second-order valence-electron chi connectivity index (χ2n) is 1.93. The summed E-state index contributed by atoms with van der Waals surface area (Å²) in [5.41, 5.74) is 0. The van der Waals surface area contributed by atoms with Gasteiger partial charge in [0.25, 0.3) is 0 Å². The maximum absolute atomic E-state index is 5.07. The van der Waals surface area contributed by atoms with Gasteiger partial charge in [-0.1, -0.05) is 19.8 Å². The normalized spacial score (nSPS) is 8.36. The van der Waals surface area contributed by atoms with Crippen molar-refractivity contribution in [2.45, 2.75) is 13.8 Å². The first-order valence-electron chi connectivity index (χ1n) is 3.92. The summed E-state index contributed by atoms with van der Waals surface area (Å²) < 4.78 is 4.85. The first-order valence-corrected chi connectivity index (χ1v) is 3.92. The van der Waals surface area contributed by atoms with E-state index in [2.05, 4.69) is 5.92 Å². The molecule has 0 fully saturated rings. The largest absolute Gasteiger partial charge is 0.383 e. The highest BCUT2D eigenvalue weighted by molar-refractivity contribution is 4.86. The molecule has 0 heterocycles. The molecule has 0 aromatic rings. The Hall–Kier alpha value is -0.520. The molecule has 0 unspecified atom stereocenters. The summed E-state index contributed by atoms with van der Waals surface area (Å²) in [5, 5.41) is 0. The Bertz CT molecular complexity index is 96.2. The van der Waals surface area contributed by atoms with Crippen molar-refractivity contribution >= 4 is 0 Å². The molecule has 0 amide bonds. The van der Waals surface area contributed by atoms with E-state index in [4.69, 9.17) is 11.2 Å². The van der Waals surface area contributed by atoms with Crippen molar-refractivity contribution < 1.29 is 4.74 Å². The molecule has 0 aromatic heterocycles. The van der Waals surface area contributed by atoms with Crippen LogP contribution in [0, 0.1) is 12.3 Å². The number of methoxy groups -OCH3 is 1. The van der Waals surface area contributed by atoms with Crippen LogP contribution in [0.4, 0.5) is 0 Å². The van der Waals surface area contributed by atoms with E-state index in [0.29, 0.717) is 6.54 Å². The van der Waals surface area contributed by atoms with Crippen LogP contribution in [0.5, 0.6) is 0 Å². The summed E-state index contributed by atoms with van der Waals surface area (Å²) in [6, 6.07) is 0. The number of likely N-dealkylation sites (N-methyl/N-ethyl adjacent to an activating group) is 1. The molecule has 11 heavy (non-hydrogen) atoms. The third-order valence-electron chi connectivity index (χ3n) is 1.04. The van der Waals surface area contributed by atoms with Crippen molar-refractivity contribution in [3.63, 3.8) is 0 Å². The molecule has 0 aromatic carbocycles. The highest BCUT2D eigenvalue weighted by Gasteiger charge is 1.91. The average Bonchev–Trinajstić information content (AvgIpc) is 2.05. The Kier molecular flexibility index (Phi) is 14.5. The molecule has 0 saturated carbocycles. The van der Waals surface area contributed by atoms with E-state index in [0.717, 1.165) is 13.2 Å². The molecule has 0 spiro atoms. The lowest BCUT2D eigenvalue weighted by atomic mass is 10.5. The van der Waals surface area contributed by atoms with Crippen LogP contribution in [0.2, 0.25) is 0 Å². The predicted octanol–water partition coefficient (Wildman–Crippen LogP) is 1.22. The highest BCUT2D eigenvalue weighted by atomic mass is 16.5. The number of nitrogens with zero attached hydrogens (tertiary/aromatic N) is 1. The maximum Gasteiger partial charge on any atom is 0.0597 e. The van der Waals surface area contributed by atoms with Crippen LogP contribution in [0.1, 0.15) is 13.8 Å². The van der Waals surface area contributed by atoms with Gasteiger partial charge < -0.3 is 4.74 Å². The number of rotatable bonds is 4. The van der Waals surface area contributed by atoms with Crippen molar-refractivity contribution in [1.82, 2.24) is 4.90 Å². The van der Waals surface area contributed by atoms with E-state index in [1.807, 2.05) is 25.8 Å². The second-order valence-corrected chi connectivity index (χ2v) is 1.93. The lowest BCUT2D eigenvalue weighted by Crippen LogP contribution is -2.22. The Morgan fingerprint density at radius 1 is 1.45 bits per heavy atom. The van der Waals surface area contributed by atoms with Gasteiger partial charge in [0.05, 0.1) is 13.2 Å². The topological polar surface area (TPSA) is 12.5 Å². The van der Waals surface area contributed by atoms with E-state index in [-0.39, 0.29) is 0 Å². The summed E-state index contributed by atoms with van der Waals surface area (Å²) in [6.07, 6.45) is 5.07. The molecule has 0 radical (unpaired) electrons. The van der Waals surface area contributed by atoms with Crippen LogP contribution >= 0.6 is 0 Å². The minimum atomic E-state index is 0.698. The van der Waals surface area contributed by atoms with Gasteiger partial charge in [0.1, 0.15) is 0 Å². The molecule has 0 aliphatic carbocycles. The van der Waals surface area contributed by atoms with E-state index in [1.54, 1.807) is 7.11 Å². The standard InChI is InChI=1S/C7H13NO.C2H6/c1-4-5-8(2)6-7-9-3;1-2/h1H,5-7H2,2-3H3;1-2H3. The third-order valence-corrected chi connectivity index (χ3v) is 1.04. The summed E-state index contributed by atoms with van der Waals surface area (Å²) in [7, 11) is 3.66. The smallest absolute Gasteiger partial charge is 0.0597 e. The van der Waals surface area contributed by atoms with Crippen LogP contribution in [0.15, 0.2) is 0 Å². The molecule has 0 saturated heterocycles. The monoisotopic (exact) mass is 157 g/mol. The molecular formula is C9H19NO. The van der Waals surface area contributed by atoms with Crippen LogP contribution in [-0.4, -0.2) is 38.8 Å². The van der Waals surface area contributed by atoms with Crippen molar-refractivity contribution in [2.75, 3.05) is 33.9 Å². The van der Waals surface area contributed by atoms with Gasteiger partial charge in [0.2, 0.25) is 0 Å². The fourth-order valence-electron chi connectivity index (χ4n) is 0.482. The number of hydrogen-bond donors (Lipinski definition) is 0. The molecule has 0 aliphatic rings. The maximum atomic E-state index is 5.07. The number of hydrogen-bond acceptors (Lipinski definition) is 2. The average molecular weight is 157 g/mol. The van der Waals surface area contributed by atoms with E-state index >= 15 is 0 Å². The lowest BCUT2D eigenvalue weighted by molar-refractivity contribution is 0.167. The van der Waals surface area contributed by atoms with Crippen LogP contribution in [-0.2, 0) is 4.74 Å². The molecule has 0 aliphatic heterocycles. The Balaban J connectivity index is 0. The van der Waals surface area contributed by atoms with Gasteiger partial charge >= 0.3 is 0 Å². The Morgan fingerprint density at radius 2 is 2.00 bits per heavy atom. The van der Waals surface area contributed by atoms with E-state index < -0.39 is 0 Å². The van der Waals surface area contributed by atoms with Gasteiger partial charge in [-0.25, -0.2) is 0 Å². The van der Waals surface area contributed by atoms with Gasteiger partial charge in [-0.3, -0.25) is 4.90 Å². The second kappa shape index (κ2) is 12.2. The summed E-state index contributed by atoms with van der Waals surface area (Å²) in [6.45, 7) is 6.35. The van der Waals surface area contributed by atoms with Gasteiger partial charge in [-0.2, -0.15) is 0 Å². The summed E-state index contributed by atoms with van der Waals surface area (Å²) in [4.78, 5) is 2.03. The zero-order valence-electron chi connectivity index (χ0n) is 8.05. The van der Waals surface area contributed by atoms with Crippen molar-refractivity contribution in [2.24, 2.45) is 0 Å². The highest BCUT2D eigenvalue weighted by Crippen LogP contribution is 1.78. The Labute approximate surface area is 70.5 Å². The SMILES string of the molecule is C#CCN(C)CCOC.CC. The van der Waals surface area contributed by atoms with Crippen LogP contribution in [0.25, 0.3) is 0 Å². The van der Waals surface area contributed by atoms with Crippen molar-refractivity contribution in [1.29, 1.82) is 0 Å². The zero-order chi connectivity index (χ0) is 9.11. The molecule has 0 bridgehead atoms. The van der Waals surface area contributed by atoms with Gasteiger partial charge in [0.15, 0.2) is 0 Å². The fraction of sp³-hybridized carbons (Fsp3) is 0.778. The molecule has 2 nitrogen and oxygen atoms in total. The first kappa shape index (κ1) is 13.1. The zero-order valence-corrected chi connectivity index (χ0v) is 8.05. The quantitative estimate of drug-likeness (QED) is 0.569. The summed E-state index contributed by atoms with van der Waals surface area (Å²) >= 11 is 0. The van der Waals surface area contributed by atoms with Gasteiger partial charge in [-0.15, -0.1) is 6.42 Å². The van der Waals surface area contributed by atoms with Gasteiger partial charge in [0, 0.05) is 13.7 Å². The Morgan fingerprint density at radius 3 is 2.36 bits per heavy atom. The number of ether oxygens (including phenoxy) is 1. The van der Waals surface area contributed by atoms with Crippen molar-refractivity contribution in [3.8, 4) is 12.3 Å². The minimum Gasteiger partial charge on any atom is -0.383 e. The molecule has 0 atom stereocenters. The van der Waals surface area contributed by atoms with Crippen molar-refractivity contribution in [3.05, 3.63) is 0 Å². The van der Waals surface area contributed by atoms with Crippen LogP contribution in [0.3, 0.4) is 0 Å². The van der Waals surface area contributed by atoms with Gasteiger partial charge in [-0.05, 0) is 7.05 Å². The fourth-order valence-corrected chi connectivity index (χ4v) is 0.482. The van der Waals surface area contributed by atoms with E-state index in [9.17, 15) is 0 Å². The van der Waals surface area contributed by atoms with E-state index in [1.165, 1.54) is 0 Å². The lowest BCUT2D eigenvalue weighted by Gasteiger charge is -2.10.